The molecule has 2 aromatic carbocycles. The number of ether oxygens (including phenoxy) is 1. The van der Waals surface area contributed by atoms with Crippen molar-refractivity contribution in [3.63, 3.8) is 0 Å². The fourth-order valence-electron chi connectivity index (χ4n) is 3.38. The Balaban J connectivity index is 1.51. The minimum absolute atomic E-state index is 0.200. The summed E-state index contributed by atoms with van der Waals surface area (Å²) >= 11 is 0. The van der Waals surface area contributed by atoms with Gasteiger partial charge in [0.15, 0.2) is 0 Å². The van der Waals surface area contributed by atoms with Crippen molar-refractivity contribution in [1.82, 2.24) is 15.0 Å². The summed E-state index contributed by atoms with van der Waals surface area (Å²) in [5.74, 6) is 1.65. The number of anilines is 1. The molecule has 0 spiro atoms. The van der Waals surface area contributed by atoms with Crippen LogP contribution < -0.4 is 10.1 Å². The van der Waals surface area contributed by atoms with Crippen molar-refractivity contribution in [2.75, 3.05) is 18.5 Å². The van der Waals surface area contributed by atoms with Gasteiger partial charge in [-0.25, -0.2) is 4.79 Å². The predicted molar refractivity (Wildman–Crippen MR) is 105 cm³/mol. The van der Waals surface area contributed by atoms with E-state index in [0.717, 1.165) is 18.4 Å². The molecule has 28 heavy (non-hydrogen) atoms. The Morgan fingerprint density at radius 1 is 1.21 bits per heavy atom. The molecule has 1 fully saturated rings. The van der Waals surface area contributed by atoms with Gasteiger partial charge in [-0.1, -0.05) is 47.6 Å². The molecule has 1 atom stereocenters. The van der Waals surface area contributed by atoms with Crippen LogP contribution in [0.4, 0.5) is 10.5 Å². The van der Waals surface area contributed by atoms with Crippen molar-refractivity contribution in [1.29, 1.82) is 0 Å². The zero-order valence-corrected chi connectivity index (χ0v) is 15.7. The summed E-state index contributed by atoms with van der Waals surface area (Å²) in [6.45, 7) is 3.08. The summed E-state index contributed by atoms with van der Waals surface area (Å²) in [7, 11) is 0. The molecule has 1 unspecified atom stereocenters. The van der Waals surface area contributed by atoms with Crippen molar-refractivity contribution >= 4 is 11.7 Å². The van der Waals surface area contributed by atoms with E-state index >= 15 is 0 Å². The highest BCUT2D eigenvalue weighted by molar-refractivity contribution is 5.91. The quantitative estimate of drug-likeness (QED) is 0.707. The van der Waals surface area contributed by atoms with Crippen LogP contribution in [0.25, 0.3) is 11.4 Å². The number of benzene rings is 2. The Morgan fingerprint density at radius 2 is 2.00 bits per heavy atom. The molecule has 2 amide bonds. The second kappa shape index (κ2) is 8.12. The van der Waals surface area contributed by atoms with Crippen LogP contribution in [0, 0.1) is 0 Å². The SMILES string of the molecule is CCOc1ccccc1NC(=O)N1CCCC1c1nc(-c2ccccc2)no1. The molecule has 2 heterocycles. The smallest absolute Gasteiger partial charge is 0.322 e. The average molecular weight is 378 g/mol. The Morgan fingerprint density at radius 3 is 2.82 bits per heavy atom. The monoisotopic (exact) mass is 378 g/mol. The number of carbonyl (C=O) groups is 1. The molecule has 1 aliphatic rings. The van der Waals surface area contributed by atoms with Gasteiger partial charge < -0.3 is 19.5 Å². The second-order valence-electron chi connectivity index (χ2n) is 6.53. The van der Waals surface area contributed by atoms with Crippen LogP contribution in [-0.4, -0.2) is 34.2 Å². The third-order valence-corrected chi connectivity index (χ3v) is 4.70. The van der Waals surface area contributed by atoms with Crippen LogP contribution >= 0.6 is 0 Å². The lowest BCUT2D eigenvalue weighted by atomic mass is 10.2. The maximum atomic E-state index is 12.9. The maximum absolute atomic E-state index is 12.9. The maximum Gasteiger partial charge on any atom is 0.322 e. The van der Waals surface area contributed by atoms with E-state index in [2.05, 4.69) is 15.5 Å². The molecule has 0 aliphatic carbocycles. The van der Waals surface area contributed by atoms with Gasteiger partial charge in [0.2, 0.25) is 11.7 Å². The molecule has 0 bridgehead atoms. The second-order valence-corrected chi connectivity index (χ2v) is 6.53. The van der Waals surface area contributed by atoms with E-state index in [9.17, 15) is 4.79 Å². The first-order chi connectivity index (χ1) is 13.8. The lowest BCUT2D eigenvalue weighted by Crippen LogP contribution is -2.34. The lowest BCUT2D eigenvalue weighted by molar-refractivity contribution is 0.193. The van der Waals surface area contributed by atoms with Gasteiger partial charge in [0, 0.05) is 12.1 Å². The summed E-state index contributed by atoms with van der Waals surface area (Å²) in [5.41, 5.74) is 1.53. The topological polar surface area (TPSA) is 80.5 Å². The zero-order chi connectivity index (χ0) is 19.3. The van der Waals surface area contributed by atoms with E-state index in [1.807, 2.05) is 61.5 Å². The van der Waals surface area contributed by atoms with Crippen LogP contribution in [0.3, 0.4) is 0 Å². The Labute approximate surface area is 163 Å². The summed E-state index contributed by atoms with van der Waals surface area (Å²) in [4.78, 5) is 19.2. The minimum atomic E-state index is -0.232. The van der Waals surface area contributed by atoms with Crippen molar-refractivity contribution in [3.05, 3.63) is 60.5 Å². The molecule has 7 nitrogen and oxygen atoms in total. The highest BCUT2D eigenvalue weighted by Crippen LogP contribution is 2.33. The third kappa shape index (κ3) is 3.69. The lowest BCUT2D eigenvalue weighted by Gasteiger charge is -2.23. The van der Waals surface area contributed by atoms with E-state index < -0.39 is 0 Å². The highest BCUT2D eigenvalue weighted by atomic mass is 16.5. The van der Waals surface area contributed by atoms with Crippen molar-refractivity contribution in [2.45, 2.75) is 25.8 Å². The molecule has 1 aliphatic heterocycles. The van der Waals surface area contributed by atoms with E-state index in [4.69, 9.17) is 9.26 Å². The van der Waals surface area contributed by atoms with Gasteiger partial charge in [0.25, 0.3) is 0 Å². The zero-order valence-electron chi connectivity index (χ0n) is 15.7. The third-order valence-electron chi connectivity index (χ3n) is 4.70. The van der Waals surface area contributed by atoms with E-state index in [1.165, 1.54) is 0 Å². The number of urea groups is 1. The van der Waals surface area contributed by atoms with Crippen LogP contribution in [0.5, 0.6) is 5.75 Å². The number of amides is 2. The van der Waals surface area contributed by atoms with E-state index in [0.29, 0.717) is 36.3 Å². The fourth-order valence-corrected chi connectivity index (χ4v) is 3.38. The Hall–Kier alpha value is -3.35. The van der Waals surface area contributed by atoms with Gasteiger partial charge in [0.05, 0.1) is 12.3 Å². The van der Waals surface area contributed by atoms with Crippen LogP contribution in [-0.2, 0) is 0 Å². The molecule has 0 radical (unpaired) electrons. The molecule has 1 saturated heterocycles. The molecular formula is C21H22N4O3. The van der Waals surface area contributed by atoms with Crippen molar-refractivity contribution < 1.29 is 14.1 Å². The number of hydrogen-bond donors (Lipinski definition) is 1. The summed E-state index contributed by atoms with van der Waals surface area (Å²) < 4.78 is 11.1. The van der Waals surface area contributed by atoms with Gasteiger partial charge in [-0.05, 0) is 31.9 Å². The number of likely N-dealkylation sites (tertiary alicyclic amines) is 1. The van der Waals surface area contributed by atoms with Crippen LogP contribution in [0.2, 0.25) is 0 Å². The summed E-state index contributed by atoms with van der Waals surface area (Å²) in [6, 6.07) is 16.6. The van der Waals surface area contributed by atoms with E-state index in [-0.39, 0.29) is 12.1 Å². The molecule has 144 valence electrons. The van der Waals surface area contributed by atoms with Crippen molar-refractivity contribution in [3.8, 4) is 17.1 Å². The number of para-hydroxylation sites is 2. The molecule has 7 heteroatoms. The first kappa shape index (κ1) is 18.0. The number of nitrogens with one attached hydrogen (secondary N) is 1. The number of carbonyl (C=O) groups excluding carboxylic acids is 1. The first-order valence-corrected chi connectivity index (χ1v) is 9.44. The number of hydrogen-bond acceptors (Lipinski definition) is 5. The number of rotatable bonds is 5. The van der Waals surface area contributed by atoms with Gasteiger partial charge in [-0.3, -0.25) is 0 Å². The largest absolute Gasteiger partial charge is 0.492 e. The molecular weight excluding hydrogens is 356 g/mol. The molecule has 0 saturated carbocycles. The van der Waals surface area contributed by atoms with Gasteiger partial charge >= 0.3 is 6.03 Å². The van der Waals surface area contributed by atoms with Gasteiger partial charge in [-0.15, -0.1) is 0 Å². The van der Waals surface area contributed by atoms with Crippen LogP contribution in [0.15, 0.2) is 59.1 Å². The normalized spacial score (nSPS) is 16.2. The molecule has 1 aromatic heterocycles. The van der Waals surface area contributed by atoms with Gasteiger partial charge in [-0.2, -0.15) is 4.98 Å². The standard InChI is InChI=1S/C21H22N4O3/c1-2-27-18-13-7-6-11-16(18)22-21(26)25-14-8-12-17(25)20-23-19(24-28-20)15-9-4-3-5-10-15/h3-7,9-11,13,17H,2,8,12,14H2,1H3,(H,22,26). The Kier molecular flexibility index (Phi) is 5.23. The fraction of sp³-hybridized carbons (Fsp3) is 0.286. The summed E-state index contributed by atoms with van der Waals surface area (Å²) in [6.07, 6.45) is 1.67. The number of aromatic nitrogens is 2. The molecule has 4 rings (SSSR count). The number of nitrogens with zero attached hydrogens (tertiary/aromatic N) is 3. The van der Waals surface area contributed by atoms with Gasteiger partial charge in [0.1, 0.15) is 11.8 Å². The van der Waals surface area contributed by atoms with Crippen LogP contribution in [0.1, 0.15) is 31.7 Å². The Bertz CT molecular complexity index is 942. The summed E-state index contributed by atoms with van der Waals surface area (Å²) in [5, 5.41) is 7.03. The first-order valence-electron chi connectivity index (χ1n) is 9.44. The minimum Gasteiger partial charge on any atom is -0.492 e. The molecule has 1 N–H and O–H groups in total. The molecule has 3 aromatic rings. The van der Waals surface area contributed by atoms with Crippen molar-refractivity contribution in [2.24, 2.45) is 0 Å². The van der Waals surface area contributed by atoms with E-state index in [1.54, 1.807) is 4.90 Å². The average Bonchev–Trinajstić information content (AvgIpc) is 3.40. The predicted octanol–water partition coefficient (Wildman–Crippen LogP) is 4.50. The highest BCUT2D eigenvalue weighted by Gasteiger charge is 2.34.